The van der Waals surface area contributed by atoms with E-state index in [0.717, 1.165) is 38.4 Å². The van der Waals surface area contributed by atoms with Crippen LogP contribution >= 0.6 is 0 Å². The lowest BCUT2D eigenvalue weighted by atomic mass is 10.0. The molecule has 5 nitrogen and oxygen atoms in total. The van der Waals surface area contributed by atoms with Gasteiger partial charge in [0, 0.05) is 32.5 Å². The van der Waals surface area contributed by atoms with Crippen molar-refractivity contribution in [3.05, 3.63) is 29.8 Å². The Hall–Kier alpha value is -1.59. The number of aliphatic imine (C=N–C) groups is 1. The molecule has 0 bridgehead atoms. The number of nitrogens with two attached hydrogens (primary N) is 1. The number of nitrogens with one attached hydrogen (secondary N) is 1. The predicted molar refractivity (Wildman–Crippen MR) is 78.2 cm³/mol. The van der Waals surface area contributed by atoms with E-state index in [2.05, 4.69) is 39.6 Å². The lowest BCUT2D eigenvalue weighted by molar-refractivity contribution is 0.197. The molecule has 1 aromatic carbocycles. The molecule has 1 aromatic rings. The van der Waals surface area contributed by atoms with Crippen LogP contribution in [0.1, 0.15) is 18.4 Å². The Bertz CT molecular complexity index is 433. The van der Waals surface area contributed by atoms with Crippen LogP contribution in [0.25, 0.3) is 0 Å². The van der Waals surface area contributed by atoms with Crippen molar-refractivity contribution in [2.24, 2.45) is 10.8 Å². The summed E-state index contributed by atoms with van der Waals surface area (Å²) in [5.74, 6) is 6.36. The Morgan fingerprint density at radius 1 is 1.47 bits per heavy atom. The summed E-state index contributed by atoms with van der Waals surface area (Å²) in [4.78, 5) is 6.69. The molecule has 0 saturated carbocycles. The van der Waals surface area contributed by atoms with E-state index in [1.54, 1.807) is 7.11 Å². The molecular formula is C14H22N4O. The van der Waals surface area contributed by atoms with Gasteiger partial charge in [-0.1, -0.05) is 18.2 Å². The first-order chi connectivity index (χ1) is 9.36. The normalized spacial score (nSPS) is 15.3. The molecule has 0 spiro atoms. The lowest BCUT2D eigenvalue weighted by Gasteiger charge is -2.31. The summed E-state index contributed by atoms with van der Waals surface area (Å²) in [5.41, 5.74) is 5.29. The van der Waals surface area contributed by atoms with Crippen molar-refractivity contribution < 1.29 is 4.74 Å². The van der Waals surface area contributed by atoms with Gasteiger partial charge in [-0.05, 0) is 30.9 Å². The van der Waals surface area contributed by atoms with Crippen LogP contribution in [0.15, 0.2) is 29.3 Å². The van der Waals surface area contributed by atoms with E-state index in [1.807, 2.05) is 0 Å². The van der Waals surface area contributed by atoms with Crippen molar-refractivity contribution in [1.29, 1.82) is 0 Å². The van der Waals surface area contributed by atoms with Crippen LogP contribution < -0.4 is 16.2 Å². The fourth-order valence-corrected chi connectivity index (χ4v) is 2.36. The summed E-state index contributed by atoms with van der Waals surface area (Å²) in [6, 6.07) is 8.42. The molecular weight excluding hydrogens is 240 g/mol. The number of methoxy groups -OCH3 is 1. The molecule has 19 heavy (non-hydrogen) atoms. The molecule has 2 rings (SSSR count). The molecule has 1 aliphatic rings. The van der Waals surface area contributed by atoms with Gasteiger partial charge in [0.05, 0.1) is 0 Å². The summed E-state index contributed by atoms with van der Waals surface area (Å²) in [6.45, 7) is 2.38. The van der Waals surface area contributed by atoms with E-state index in [0.29, 0.717) is 6.54 Å². The molecule has 0 saturated heterocycles. The van der Waals surface area contributed by atoms with Crippen LogP contribution in [0.5, 0.6) is 0 Å². The Labute approximate surface area is 114 Å². The monoisotopic (exact) mass is 262 g/mol. The van der Waals surface area contributed by atoms with Crippen LogP contribution in [0.2, 0.25) is 0 Å². The third-order valence-electron chi connectivity index (χ3n) is 3.26. The molecule has 0 unspecified atom stereocenters. The quantitative estimate of drug-likeness (QED) is 0.282. The van der Waals surface area contributed by atoms with E-state index in [1.165, 1.54) is 11.3 Å². The lowest BCUT2D eigenvalue weighted by Crippen LogP contribution is -2.47. The summed E-state index contributed by atoms with van der Waals surface area (Å²) in [5, 5.41) is 0. The third kappa shape index (κ3) is 3.45. The number of hydrazine groups is 1. The molecule has 1 heterocycles. The Kier molecular flexibility index (Phi) is 5.18. The fraction of sp³-hybridized carbons (Fsp3) is 0.500. The molecule has 0 radical (unpaired) electrons. The van der Waals surface area contributed by atoms with Crippen LogP contribution in [-0.2, 0) is 11.2 Å². The van der Waals surface area contributed by atoms with Gasteiger partial charge in [0.1, 0.15) is 0 Å². The minimum atomic E-state index is 0.714. The average Bonchev–Trinajstić information content (AvgIpc) is 2.47. The summed E-state index contributed by atoms with van der Waals surface area (Å²) in [6.07, 6.45) is 3.14. The van der Waals surface area contributed by atoms with Crippen molar-refractivity contribution in [1.82, 2.24) is 5.43 Å². The molecule has 3 N–H and O–H groups in total. The first-order valence-electron chi connectivity index (χ1n) is 6.72. The number of nitrogens with zero attached hydrogens (tertiary/aromatic N) is 2. The number of para-hydroxylation sites is 1. The topological polar surface area (TPSA) is 62.9 Å². The molecule has 0 amide bonds. The Balaban J connectivity index is 2.11. The van der Waals surface area contributed by atoms with E-state index in [9.17, 15) is 0 Å². The molecule has 104 valence electrons. The number of hydrogen-bond donors (Lipinski definition) is 2. The van der Waals surface area contributed by atoms with Crippen molar-refractivity contribution in [3.63, 3.8) is 0 Å². The van der Waals surface area contributed by atoms with Crippen molar-refractivity contribution in [2.45, 2.75) is 19.3 Å². The van der Waals surface area contributed by atoms with Gasteiger partial charge >= 0.3 is 0 Å². The highest BCUT2D eigenvalue weighted by Crippen LogP contribution is 2.26. The van der Waals surface area contributed by atoms with E-state index >= 15 is 0 Å². The van der Waals surface area contributed by atoms with Crippen molar-refractivity contribution in [2.75, 3.05) is 31.7 Å². The first-order valence-corrected chi connectivity index (χ1v) is 6.72. The van der Waals surface area contributed by atoms with Crippen molar-refractivity contribution in [3.8, 4) is 0 Å². The Morgan fingerprint density at radius 2 is 2.32 bits per heavy atom. The highest BCUT2D eigenvalue weighted by atomic mass is 16.5. The van der Waals surface area contributed by atoms with Gasteiger partial charge in [0.15, 0.2) is 0 Å². The second kappa shape index (κ2) is 7.11. The minimum Gasteiger partial charge on any atom is -0.385 e. The van der Waals surface area contributed by atoms with Gasteiger partial charge < -0.3 is 9.64 Å². The number of fused-ring (bicyclic) bond motifs is 1. The standard InChI is InChI=1S/C14H22N4O/c1-19-11-5-9-16-14(17-15)18-10-4-7-12-6-2-3-8-13(12)18/h2-3,6,8H,4-5,7,9-11,15H2,1H3,(H,16,17). The number of hydrogen-bond acceptors (Lipinski definition) is 3. The van der Waals surface area contributed by atoms with E-state index < -0.39 is 0 Å². The largest absolute Gasteiger partial charge is 0.385 e. The highest BCUT2D eigenvalue weighted by molar-refractivity contribution is 5.96. The zero-order valence-electron chi connectivity index (χ0n) is 11.4. The number of aryl methyl sites for hydroxylation is 1. The highest BCUT2D eigenvalue weighted by Gasteiger charge is 2.19. The van der Waals surface area contributed by atoms with Crippen LogP contribution in [0.4, 0.5) is 5.69 Å². The zero-order valence-corrected chi connectivity index (χ0v) is 11.4. The number of benzene rings is 1. The Morgan fingerprint density at radius 3 is 3.11 bits per heavy atom. The number of ether oxygens (including phenoxy) is 1. The maximum absolute atomic E-state index is 5.62. The smallest absolute Gasteiger partial charge is 0.212 e. The fourth-order valence-electron chi connectivity index (χ4n) is 2.36. The average molecular weight is 262 g/mol. The van der Waals surface area contributed by atoms with Crippen LogP contribution in [0, 0.1) is 0 Å². The van der Waals surface area contributed by atoms with Gasteiger partial charge in [-0.3, -0.25) is 10.4 Å². The van der Waals surface area contributed by atoms with Crippen LogP contribution in [0.3, 0.4) is 0 Å². The second-order valence-corrected chi connectivity index (χ2v) is 4.58. The molecule has 0 fully saturated rings. The van der Waals surface area contributed by atoms with Crippen molar-refractivity contribution >= 4 is 11.6 Å². The van der Waals surface area contributed by atoms with Gasteiger partial charge in [0.2, 0.25) is 5.96 Å². The van der Waals surface area contributed by atoms with Gasteiger partial charge in [-0.15, -0.1) is 0 Å². The van der Waals surface area contributed by atoms with E-state index in [4.69, 9.17) is 10.6 Å². The molecule has 0 atom stereocenters. The van der Waals surface area contributed by atoms with Gasteiger partial charge in [-0.2, -0.15) is 0 Å². The van der Waals surface area contributed by atoms with Crippen LogP contribution in [-0.4, -0.2) is 32.8 Å². The maximum atomic E-state index is 5.62. The number of guanidine groups is 1. The molecule has 0 aromatic heterocycles. The zero-order chi connectivity index (χ0) is 13.5. The molecule has 1 aliphatic heterocycles. The summed E-state index contributed by atoms with van der Waals surface area (Å²) in [7, 11) is 1.70. The third-order valence-corrected chi connectivity index (χ3v) is 3.26. The second-order valence-electron chi connectivity index (χ2n) is 4.58. The first kappa shape index (κ1) is 13.8. The molecule has 5 heteroatoms. The van der Waals surface area contributed by atoms with Gasteiger partial charge in [-0.25, -0.2) is 5.84 Å². The summed E-state index contributed by atoms with van der Waals surface area (Å²) >= 11 is 0. The number of anilines is 1. The van der Waals surface area contributed by atoms with Gasteiger partial charge in [0.25, 0.3) is 0 Å². The SMILES string of the molecule is COCCCN=C(NN)N1CCCc2ccccc21. The van der Waals surface area contributed by atoms with E-state index in [-0.39, 0.29) is 0 Å². The summed E-state index contributed by atoms with van der Waals surface area (Å²) < 4.78 is 5.02. The molecule has 0 aliphatic carbocycles. The maximum Gasteiger partial charge on any atom is 0.212 e. The predicted octanol–water partition coefficient (Wildman–Crippen LogP) is 1.30. The minimum absolute atomic E-state index is 0.714. The number of rotatable bonds is 4.